The average molecular weight is 165 g/mol. The standard InChI is InChI=1S/C11H19N/c1-4-7-8-11(6-3)10-12-9-5-2/h4,6-8,12H,3,5,9-10H2,1-2H3/b7-4-,11-8+. The first-order valence-corrected chi connectivity index (χ1v) is 4.50. The molecule has 0 saturated heterocycles. The summed E-state index contributed by atoms with van der Waals surface area (Å²) in [6.45, 7) is 9.91. The van der Waals surface area contributed by atoms with E-state index in [0.717, 1.165) is 13.1 Å². The summed E-state index contributed by atoms with van der Waals surface area (Å²) in [5.41, 5.74) is 1.24. The monoisotopic (exact) mass is 165 g/mol. The maximum absolute atomic E-state index is 3.75. The molecule has 0 fully saturated rings. The summed E-state index contributed by atoms with van der Waals surface area (Å²) in [4.78, 5) is 0. The lowest BCUT2D eigenvalue weighted by atomic mass is 10.2. The van der Waals surface area contributed by atoms with Crippen LogP contribution in [0.25, 0.3) is 0 Å². The fourth-order valence-electron chi connectivity index (χ4n) is 0.828. The van der Waals surface area contributed by atoms with Crippen LogP contribution in [0.2, 0.25) is 0 Å². The molecule has 0 aromatic rings. The van der Waals surface area contributed by atoms with Gasteiger partial charge in [0.25, 0.3) is 0 Å². The highest BCUT2D eigenvalue weighted by molar-refractivity contribution is 5.23. The summed E-state index contributed by atoms with van der Waals surface area (Å²) in [5, 5.41) is 3.32. The van der Waals surface area contributed by atoms with Gasteiger partial charge >= 0.3 is 0 Å². The van der Waals surface area contributed by atoms with Crippen LogP contribution in [0.3, 0.4) is 0 Å². The molecule has 0 radical (unpaired) electrons. The zero-order valence-electron chi connectivity index (χ0n) is 8.14. The molecule has 0 atom stereocenters. The molecule has 0 unspecified atom stereocenters. The summed E-state index contributed by atoms with van der Waals surface area (Å²) in [6.07, 6.45) is 9.19. The molecule has 1 heteroatoms. The Labute approximate surface area is 75.9 Å². The molecule has 0 rings (SSSR count). The summed E-state index contributed by atoms with van der Waals surface area (Å²) in [7, 11) is 0. The van der Waals surface area contributed by atoms with Gasteiger partial charge in [0.2, 0.25) is 0 Å². The molecule has 0 amide bonds. The van der Waals surface area contributed by atoms with Crippen LogP contribution in [0.15, 0.2) is 36.5 Å². The van der Waals surface area contributed by atoms with Gasteiger partial charge < -0.3 is 5.32 Å². The SMILES string of the molecule is C=C/C(=C\C=C/C)CNCCC. The van der Waals surface area contributed by atoms with Crippen molar-refractivity contribution in [3.8, 4) is 0 Å². The predicted molar refractivity (Wildman–Crippen MR) is 56.3 cm³/mol. The normalized spacial score (nSPS) is 12.3. The Morgan fingerprint density at radius 3 is 2.75 bits per heavy atom. The molecule has 0 spiro atoms. The molecule has 1 N–H and O–H groups in total. The van der Waals surface area contributed by atoms with Crippen molar-refractivity contribution in [2.24, 2.45) is 0 Å². The Balaban J connectivity index is 3.74. The quantitative estimate of drug-likeness (QED) is 0.471. The molecular weight excluding hydrogens is 146 g/mol. The lowest BCUT2D eigenvalue weighted by Gasteiger charge is -2.02. The van der Waals surface area contributed by atoms with Crippen molar-refractivity contribution in [3.05, 3.63) is 36.5 Å². The third-order valence-corrected chi connectivity index (χ3v) is 1.52. The number of hydrogen-bond acceptors (Lipinski definition) is 1. The van der Waals surface area contributed by atoms with Gasteiger partial charge in [0.15, 0.2) is 0 Å². The number of rotatable bonds is 6. The van der Waals surface area contributed by atoms with E-state index in [1.165, 1.54) is 12.0 Å². The van der Waals surface area contributed by atoms with Crippen LogP contribution in [-0.4, -0.2) is 13.1 Å². The highest BCUT2D eigenvalue weighted by Gasteiger charge is 1.87. The molecule has 0 saturated carbocycles. The molecule has 12 heavy (non-hydrogen) atoms. The van der Waals surface area contributed by atoms with Crippen LogP contribution in [0.5, 0.6) is 0 Å². The fourth-order valence-corrected chi connectivity index (χ4v) is 0.828. The van der Waals surface area contributed by atoms with Gasteiger partial charge in [-0.25, -0.2) is 0 Å². The van der Waals surface area contributed by atoms with Crippen LogP contribution < -0.4 is 5.32 Å². The molecule has 1 nitrogen and oxygen atoms in total. The second-order valence-electron chi connectivity index (χ2n) is 2.65. The molecule has 68 valence electrons. The molecule has 0 aliphatic carbocycles. The predicted octanol–water partition coefficient (Wildman–Crippen LogP) is 2.67. The van der Waals surface area contributed by atoms with Crippen LogP contribution in [0.1, 0.15) is 20.3 Å². The van der Waals surface area contributed by atoms with Gasteiger partial charge in [0.05, 0.1) is 0 Å². The first kappa shape index (κ1) is 11.2. The van der Waals surface area contributed by atoms with Gasteiger partial charge in [-0.3, -0.25) is 0 Å². The van der Waals surface area contributed by atoms with Crippen LogP contribution in [0.4, 0.5) is 0 Å². The lowest BCUT2D eigenvalue weighted by molar-refractivity contribution is 0.720. The highest BCUT2D eigenvalue weighted by Crippen LogP contribution is 1.94. The van der Waals surface area contributed by atoms with E-state index in [1.807, 2.05) is 25.2 Å². The smallest absolute Gasteiger partial charge is 0.0205 e. The fraction of sp³-hybridized carbons (Fsp3) is 0.455. The van der Waals surface area contributed by atoms with Crippen molar-refractivity contribution in [1.82, 2.24) is 5.32 Å². The Morgan fingerprint density at radius 2 is 2.25 bits per heavy atom. The first-order valence-electron chi connectivity index (χ1n) is 4.50. The second-order valence-corrected chi connectivity index (χ2v) is 2.65. The summed E-state index contributed by atoms with van der Waals surface area (Å²) in [5.74, 6) is 0. The minimum absolute atomic E-state index is 0.918. The molecule has 0 aliphatic heterocycles. The molecule has 0 heterocycles. The van der Waals surface area contributed by atoms with Crippen molar-refractivity contribution in [2.45, 2.75) is 20.3 Å². The van der Waals surface area contributed by atoms with Gasteiger partial charge in [0, 0.05) is 6.54 Å². The number of nitrogens with one attached hydrogen (secondary N) is 1. The third kappa shape index (κ3) is 5.93. The van der Waals surface area contributed by atoms with E-state index in [9.17, 15) is 0 Å². The summed E-state index contributed by atoms with van der Waals surface area (Å²) >= 11 is 0. The van der Waals surface area contributed by atoms with Crippen LogP contribution >= 0.6 is 0 Å². The topological polar surface area (TPSA) is 12.0 Å². The lowest BCUT2D eigenvalue weighted by Crippen LogP contribution is -2.16. The molecule has 0 bridgehead atoms. The summed E-state index contributed by atoms with van der Waals surface area (Å²) in [6, 6.07) is 0. The van der Waals surface area contributed by atoms with E-state index < -0.39 is 0 Å². The zero-order valence-corrected chi connectivity index (χ0v) is 8.14. The third-order valence-electron chi connectivity index (χ3n) is 1.52. The van der Waals surface area contributed by atoms with E-state index >= 15 is 0 Å². The summed E-state index contributed by atoms with van der Waals surface area (Å²) < 4.78 is 0. The van der Waals surface area contributed by atoms with Gasteiger partial charge in [-0.2, -0.15) is 0 Å². The van der Waals surface area contributed by atoms with Gasteiger partial charge in [-0.15, -0.1) is 0 Å². The van der Waals surface area contributed by atoms with E-state index in [4.69, 9.17) is 0 Å². The minimum atomic E-state index is 0.918. The van der Waals surface area contributed by atoms with Crippen LogP contribution in [-0.2, 0) is 0 Å². The first-order chi connectivity index (χ1) is 5.85. The molecule has 0 aromatic carbocycles. The van der Waals surface area contributed by atoms with Crippen molar-refractivity contribution in [1.29, 1.82) is 0 Å². The molecule has 0 aliphatic rings. The van der Waals surface area contributed by atoms with Crippen molar-refractivity contribution >= 4 is 0 Å². The Hall–Kier alpha value is -0.820. The molecular formula is C11H19N. The molecule has 0 aromatic heterocycles. The average Bonchev–Trinajstić information content (AvgIpc) is 2.11. The minimum Gasteiger partial charge on any atom is -0.313 e. The zero-order chi connectivity index (χ0) is 9.23. The van der Waals surface area contributed by atoms with E-state index in [1.54, 1.807) is 0 Å². The van der Waals surface area contributed by atoms with Gasteiger partial charge in [-0.1, -0.05) is 37.8 Å². The van der Waals surface area contributed by atoms with Crippen molar-refractivity contribution in [2.75, 3.05) is 13.1 Å². The number of allylic oxidation sites excluding steroid dienone is 3. The van der Waals surface area contributed by atoms with Crippen molar-refractivity contribution in [3.63, 3.8) is 0 Å². The van der Waals surface area contributed by atoms with E-state index in [0.29, 0.717) is 0 Å². The largest absolute Gasteiger partial charge is 0.313 e. The highest BCUT2D eigenvalue weighted by atomic mass is 14.8. The maximum atomic E-state index is 3.75. The van der Waals surface area contributed by atoms with E-state index in [2.05, 4.69) is 24.9 Å². The number of hydrogen-bond donors (Lipinski definition) is 1. The Morgan fingerprint density at radius 1 is 1.50 bits per heavy atom. The van der Waals surface area contributed by atoms with Crippen molar-refractivity contribution < 1.29 is 0 Å². The van der Waals surface area contributed by atoms with E-state index in [-0.39, 0.29) is 0 Å². The van der Waals surface area contributed by atoms with Crippen LogP contribution in [0, 0.1) is 0 Å². The van der Waals surface area contributed by atoms with Gasteiger partial charge in [0.1, 0.15) is 0 Å². The second kappa shape index (κ2) is 8.28. The Kier molecular flexibility index (Phi) is 7.71. The Bertz CT molecular complexity index is 166. The van der Waals surface area contributed by atoms with Gasteiger partial charge in [-0.05, 0) is 25.5 Å². The maximum Gasteiger partial charge on any atom is 0.0205 e.